The predicted molar refractivity (Wildman–Crippen MR) is 177 cm³/mol. The van der Waals surface area contributed by atoms with Crippen molar-refractivity contribution in [2.45, 2.75) is 127 Å². The van der Waals surface area contributed by atoms with Crippen molar-refractivity contribution in [2.24, 2.45) is 44.3 Å². The summed E-state index contributed by atoms with van der Waals surface area (Å²) in [5.41, 5.74) is -0.434. The average molecular weight is 623 g/mol. The van der Waals surface area contributed by atoms with Gasteiger partial charge < -0.3 is 10.1 Å². The topological polar surface area (TPSA) is 113 Å². The number of carbonyl (C=O) groups excluding carboxylic acids is 4. The van der Waals surface area contributed by atoms with Crippen LogP contribution < -0.4 is 5.32 Å². The molecule has 0 saturated heterocycles. The van der Waals surface area contributed by atoms with E-state index in [0.717, 1.165) is 56.9 Å². The van der Waals surface area contributed by atoms with Crippen molar-refractivity contribution in [1.82, 2.24) is 5.32 Å². The molecule has 2 saturated carbocycles. The molecule has 0 heterocycles. The maximum atomic E-state index is 13.3. The van der Waals surface area contributed by atoms with E-state index in [0.29, 0.717) is 12.3 Å². The molecule has 0 radical (unpaired) electrons. The number of nitrogens with zero attached hydrogens (tertiary/aromatic N) is 1. The minimum Gasteiger partial charge on any atom is -0.468 e. The van der Waals surface area contributed by atoms with Gasteiger partial charge in [0, 0.05) is 17.3 Å². The molecule has 0 aliphatic heterocycles. The third kappa shape index (κ3) is 7.00. The van der Waals surface area contributed by atoms with Crippen LogP contribution in [0.4, 0.5) is 0 Å². The SMILES string of the molecule is COC(=O)CNC(=O)CC[C@]1(CCC(C)(C)[C@]2(C)CC[C@H]3C(C)(C)C(=O)C(C#N)=C[C@]3(C)/C2=C/C(C)=O)CCC(C)(C)CC1C. The molecular weight excluding hydrogens is 564 g/mol. The van der Waals surface area contributed by atoms with Crippen LogP contribution in [0.2, 0.25) is 0 Å². The molecule has 5 atom stereocenters. The van der Waals surface area contributed by atoms with Crippen molar-refractivity contribution < 1.29 is 23.9 Å². The second-order valence-electron chi connectivity index (χ2n) is 17.0. The Morgan fingerprint density at radius 3 is 2.29 bits per heavy atom. The number of Topliss-reactive ketones (excluding diaryl/α,β-unsaturated/α-hetero) is 1. The Kier molecular flexibility index (Phi) is 10.4. The number of amides is 1. The number of hydrogen-bond donors (Lipinski definition) is 1. The Bertz CT molecular complexity index is 1310. The molecule has 3 aliphatic carbocycles. The maximum absolute atomic E-state index is 13.3. The van der Waals surface area contributed by atoms with E-state index in [-0.39, 0.29) is 57.2 Å². The molecule has 1 amide bonds. The zero-order valence-electron chi connectivity index (χ0n) is 29.9. The summed E-state index contributed by atoms with van der Waals surface area (Å²) in [4.78, 5) is 50.6. The van der Waals surface area contributed by atoms with Gasteiger partial charge in [-0.15, -0.1) is 0 Å². The molecule has 250 valence electrons. The van der Waals surface area contributed by atoms with Gasteiger partial charge >= 0.3 is 5.97 Å². The van der Waals surface area contributed by atoms with Crippen molar-refractivity contribution in [3.63, 3.8) is 0 Å². The third-order valence-corrected chi connectivity index (χ3v) is 12.9. The van der Waals surface area contributed by atoms with Crippen LogP contribution in [0.1, 0.15) is 127 Å². The lowest BCUT2D eigenvalue weighted by molar-refractivity contribution is -0.141. The van der Waals surface area contributed by atoms with E-state index in [2.05, 4.69) is 64.6 Å². The Morgan fingerprint density at radius 1 is 1.09 bits per heavy atom. The number of nitriles is 1. The van der Waals surface area contributed by atoms with Crippen LogP contribution >= 0.6 is 0 Å². The quantitative estimate of drug-likeness (QED) is 0.197. The summed E-state index contributed by atoms with van der Waals surface area (Å²) in [6, 6.07) is 2.17. The molecule has 7 nitrogen and oxygen atoms in total. The van der Waals surface area contributed by atoms with E-state index < -0.39 is 16.8 Å². The fourth-order valence-electron chi connectivity index (χ4n) is 9.49. The maximum Gasteiger partial charge on any atom is 0.325 e. The first-order chi connectivity index (χ1) is 20.6. The summed E-state index contributed by atoms with van der Waals surface area (Å²) in [5.74, 6) is -0.307. The van der Waals surface area contributed by atoms with Crippen molar-refractivity contribution in [2.75, 3.05) is 13.7 Å². The average Bonchev–Trinajstić information content (AvgIpc) is 2.94. The highest BCUT2D eigenvalue weighted by Gasteiger charge is 2.61. The summed E-state index contributed by atoms with van der Waals surface area (Å²) in [5, 5.41) is 12.7. The number of ketones is 2. The molecule has 1 unspecified atom stereocenters. The predicted octanol–water partition coefficient (Wildman–Crippen LogP) is 7.69. The highest BCUT2D eigenvalue weighted by molar-refractivity contribution is 6.04. The van der Waals surface area contributed by atoms with Gasteiger partial charge in [0.2, 0.25) is 5.91 Å². The zero-order valence-corrected chi connectivity index (χ0v) is 29.9. The minimum atomic E-state index is -0.710. The van der Waals surface area contributed by atoms with Crippen LogP contribution in [-0.4, -0.2) is 37.1 Å². The molecule has 7 heteroatoms. The van der Waals surface area contributed by atoms with E-state index >= 15 is 0 Å². The van der Waals surface area contributed by atoms with Crippen LogP contribution in [-0.2, 0) is 23.9 Å². The first-order valence-corrected chi connectivity index (χ1v) is 16.9. The van der Waals surface area contributed by atoms with Crippen LogP contribution in [0.3, 0.4) is 0 Å². The van der Waals surface area contributed by atoms with E-state index in [1.807, 2.05) is 19.9 Å². The molecule has 1 N–H and O–H groups in total. The van der Waals surface area contributed by atoms with Crippen LogP contribution in [0, 0.1) is 55.7 Å². The normalized spacial score (nSPS) is 33.4. The number of carbonyl (C=O) groups is 4. The molecule has 0 spiro atoms. The van der Waals surface area contributed by atoms with Gasteiger partial charge in [0.15, 0.2) is 11.6 Å². The molecule has 0 bridgehead atoms. The molecule has 0 aromatic carbocycles. The van der Waals surface area contributed by atoms with Crippen LogP contribution in [0.25, 0.3) is 0 Å². The Hall–Kier alpha value is -2.75. The summed E-state index contributed by atoms with van der Waals surface area (Å²) >= 11 is 0. The monoisotopic (exact) mass is 622 g/mol. The molecule has 0 aromatic rings. The Balaban J connectivity index is 1.98. The van der Waals surface area contributed by atoms with Crippen molar-refractivity contribution in [3.05, 3.63) is 23.3 Å². The van der Waals surface area contributed by atoms with Crippen LogP contribution in [0.15, 0.2) is 23.3 Å². The van der Waals surface area contributed by atoms with E-state index in [4.69, 9.17) is 0 Å². The van der Waals surface area contributed by atoms with Crippen molar-refractivity contribution >= 4 is 23.4 Å². The first-order valence-electron chi connectivity index (χ1n) is 16.9. The van der Waals surface area contributed by atoms with Crippen molar-refractivity contribution in [3.8, 4) is 6.07 Å². The molecule has 45 heavy (non-hydrogen) atoms. The summed E-state index contributed by atoms with van der Waals surface area (Å²) in [6.07, 6.45) is 11.5. The lowest BCUT2D eigenvalue weighted by atomic mass is 9.42. The van der Waals surface area contributed by atoms with Gasteiger partial charge in [0.1, 0.15) is 12.6 Å². The lowest BCUT2D eigenvalue weighted by Gasteiger charge is -2.61. The second-order valence-corrected chi connectivity index (χ2v) is 17.0. The van der Waals surface area contributed by atoms with E-state index in [1.165, 1.54) is 7.11 Å². The fourth-order valence-corrected chi connectivity index (χ4v) is 9.49. The standard InChI is InChI=1S/C38H58N2O5/c1-25-21-33(3,4)16-18-38(25,15-13-30(42)40-24-31(43)45-11)19-17-34(5,6)37(10)14-12-28-35(7,8)32(44)27(23-39)22-36(28,9)29(37)20-26(2)41/h20,22,25,28H,12-19,21,24H2,1-11H3,(H,40,42)/b29-20-/t25?,28-,36-,37+,38+/m0/s1. The number of hydrogen-bond acceptors (Lipinski definition) is 6. The van der Waals surface area contributed by atoms with Crippen LogP contribution in [0.5, 0.6) is 0 Å². The van der Waals surface area contributed by atoms with Gasteiger partial charge in [0.05, 0.1) is 12.7 Å². The molecular formula is C38H58N2O5. The molecule has 2 fully saturated rings. The van der Waals surface area contributed by atoms with E-state index in [1.54, 1.807) is 13.0 Å². The lowest BCUT2D eigenvalue weighted by Crippen LogP contribution is -2.56. The van der Waals surface area contributed by atoms with E-state index in [9.17, 15) is 24.4 Å². The highest BCUT2D eigenvalue weighted by Crippen LogP contribution is 2.67. The van der Waals surface area contributed by atoms with Crippen molar-refractivity contribution in [1.29, 1.82) is 5.26 Å². The molecule has 0 aromatic heterocycles. The number of methoxy groups -OCH3 is 1. The van der Waals surface area contributed by atoms with Gasteiger partial charge in [-0.25, -0.2) is 0 Å². The smallest absolute Gasteiger partial charge is 0.325 e. The number of allylic oxidation sites excluding steroid dienone is 4. The number of esters is 1. The number of rotatable bonds is 10. The Labute approximate surface area is 272 Å². The van der Waals surface area contributed by atoms with Gasteiger partial charge in [0.25, 0.3) is 0 Å². The van der Waals surface area contributed by atoms with Gasteiger partial charge in [-0.2, -0.15) is 5.26 Å². The Morgan fingerprint density at radius 2 is 1.73 bits per heavy atom. The first kappa shape index (κ1) is 36.7. The van der Waals surface area contributed by atoms with Gasteiger partial charge in [-0.05, 0) is 97.9 Å². The minimum absolute atomic E-state index is 0.0143. The highest BCUT2D eigenvalue weighted by atomic mass is 16.5. The number of fused-ring (bicyclic) bond motifs is 1. The third-order valence-electron chi connectivity index (χ3n) is 12.9. The fraction of sp³-hybridized carbons (Fsp3) is 0.763. The summed E-state index contributed by atoms with van der Waals surface area (Å²) in [6.45, 7) is 21.4. The largest absolute Gasteiger partial charge is 0.468 e. The second kappa shape index (κ2) is 12.8. The molecule has 3 rings (SSSR count). The van der Waals surface area contributed by atoms with Gasteiger partial charge in [-0.1, -0.05) is 74.0 Å². The summed E-state index contributed by atoms with van der Waals surface area (Å²) < 4.78 is 4.68. The molecule has 3 aliphatic rings. The number of nitrogens with one attached hydrogen (secondary N) is 1. The zero-order chi connectivity index (χ0) is 34.2. The van der Waals surface area contributed by atoms with Gasteiger partial charge in [-0.3, -0.25) is 19.2 Å². The summed E-state index contributed by atoms with van der Waals surface area (Å²) in [7, 11) is 1.31. The number of ether oxygens (including phenoxy) is 1.